The first kappa shape index (κ1) is 21.3. The van der Waals surface area contributed by atoms with Gasteiger partial charge in [-0.3, -0.25) is 0 Å². The summed E-state index contributed by atoms with van der Waals surface area (Å²) in [7, 11) is 0. The maximum Gasteiger partial charge on any atom is 0.292 e. The van der Waals surface area contributed by atoms with Gasteiger partial charge < -0.3 is 5.32 Å². The van der Waals surface area contributed by atoms with Crippen molar-refractivity contribution in [3.05, 3.63) is 144 Å². The lowest BCUT2D eigenvalue weighted by Gasteiger charge is -2.02. The van der Waals surface area contributed by atoms with Crippen molar-refractivity contribution >= 4 is 34.6 Å². The Labute approximate surface area is 209 Å². The maximum absolute atomic E-state index is 3.46. The van der Waals surface area contributed by atoms with Crippen LogP contribution in [0.4, 0.5) is 5.69 Å². The number of nitrogens with zero attached hydrogens (tertiary/aromatic N) is 2. The van der Waals surface area contributed by atoms with Gasteiger partial charge in [-0.05, 0) is 54.6 Å². The van der Waals surface area contributed by atoms with Gasteiger partial charge in [0.25, 0.3) is 5.82 Å². The number of anilines is 1. The Balaban J connectivity index is 1.41. The number of allylic oxidation sites excluding steroid dienone is 4. The molecule has 0 bridgehead atoms. The SMILES string of the molecule is C(/C=C/C=C/c1n(-c2ccccc2)c2ccccc2[n+]1-c1ccccc1)=C1\Nc2ccccc2S1. The number of imidazole rings is 1. The van der Waals surface area contributed by atoms with Crippen molar-refractivity contribution in [2.75, 3.05) is 5.32 Å². The van der Waals surface area contributed by atoms with Gasteiger partial charge in [0.1, 0.15) is 11.4 Å². The molecule has 4 aromatic carbocycles. The molecule has 0 fully saturated rings. The zero-order chi connectivity index (χ0) is 23.5. The summed E-state index contributed by atoms with van der Waals surface area (Å²) in [6.07, 6.45) is 10.6. The molecule has 168 valence electrons. The van der Waals surface area contributed by atoms with E-state index in [0.29, 0.717) is 0 Å². The summed E-state index contributed by atoms with van der Waals surface area (Å²) in [6.45, 7) is 0. The highest BCUT2D eigenvalue weighted by molar-refractivity contribution is 8.03. The lowest BCUT2D eigenvalue weighted by atomic mass is 10.2. The van der Waals surface area contributed by atoms with Crippen molar-refractivity contribution < 1.29 is 4.57 Å². The molecule has 0 atom stereocenters. The van der Waals surface area contributed by atoms with E-state index in [4.69, 9.17) is 0 Å². The minimum absolute atomic E-state index is 1.08. The molecular formula is C31H24N3S+. The summed E-state index contributed by atoms with van der Waals surface area (Å²) in [6, 6.07) is 38.0. The first-order chi connectivity index (χ1) is 17.4. The lowest BCUT2D eigenvalue weighted by Crippen LogP contribution is -2.33. The normalized spacial score (nSPS) is 14.2. The molecule has 1 aliphatic rings. The van der Waals surface area contributed by atoms with E-state index < -0.39 is 0 Å². The third-order valence-corrected chi connectivity index (χ3v) is 6.96. The summed E-state index contributed by atoms with van der Waals surface area (Å²) in [4.78, 5) is 1.26. The highest BCUT2D eigenvalue weighted by Crippen LogP contribution is 2.40. The van der Waals surface area contributed by atoms with Crippen LogP contribution in [-0.2, 0) is 0 Å². The molecule has 35 heavy (non-hydrogen) atoms. The van der Waals surface area contributed by atoms with Crippen molar-refractivity contribution in [1.29, 1.82) is 0 Å². The first-order valence-corrected chi connectivity index (χ1v) is 12.5. The van der Waals surface area contributed by atoms with E-state index in [-0.39, 0.29) is 0 Å². The minimum atomic E-state index is 1.08. The Bertz CT molecular complexity index is 1470. The quantitative estimate of drug-likeness (QED) is 0.212. The van der Waals surface area contributed by atoms with Crippen LogP contribution < -0.4 is 9.88 Å². The van der Waals surface area contributed by atoms with Gasteiger partial charge in [-0.2, -0.15) is 9.13 Å². The van der Waals surface area contributed by atoms with Gasteiger partial charge in [-0.25, -0.2) is 0 Å². The van der Waals surface area contributed by atoms with Gasteiger partial charge in [0.2, 0.25) is 0 Å². The van der Waals surface area contributed by atoms with E-state index in [2.05, 4.69) is 154 Å². The molecule has 0 unspecified atom stereocenters. The second kappa shape index (κ2) is 9.53. The van der Waals surface area contributed by atoms with Crippen LogP contribution in [0.5, 0.6) is 0 Å². The molecule has 6 rings (SSSR count). The van der Waals surface area contributed by atoms with Crippen molar-refractivity contribution in [3.63, 3.8) is 0 Å². The smallest absolute Gasteiger partial charge is 0.292 e. The average Bonchev–Trinajstić information content (AvgIpc) is 3.48. The number of nitrogens with one attached hydrogen (secondary N) is 1. The second-order valence-corrected chi connectivity index (χ2v) is 9.27. The fourth-order valence-corrected chi connectivity index (χ4v) is 5.32. The van der Waals surface area contributed by atoms with E-state index in [1.807, 2.05) is 0 Å². The van der Waals surface area contributed by atoms with E-state index in [1.165, 1.54) is 10.6 Å². The summed E-state index contributed by atoms with van der Waals surface area (Å²) in [5.41, 5.74) is 5.76. The molecule has 0 radical (unpaired) electrons. The molecule has 4 heteroatoms. The summed E-state index contributed by atoms with van der Waals surface area (Å²) < 4.78 is 4.63. The number of benzene rings is 4. The van der Waals surface area contributed by atoms with Crippen LogP contribution in [0.25, 0.3) is 28.5 Å². The summed E-state index contributed by atoms with van der Waals surface area (Å²) in [5, 5.41) is 4.60. The third-order valence-electron chi connectivity index (χ3n) is 5.93. The molecule has 1 N–H and O–H groups in total. The van der Waals surface area contributed by atoms with E-state index in [9.17, 15) is 0 Å². The van der Waals surface area contributed by atoms with Crippen molar-refractivity contribution in [1.82, 2.24) is 4.57 Å². The average molecular weight is 471 g/mol. The standard InChI is InChI=1S/C31H23N3S/c1-4-14-24(15-5-1)33-27-19-11-12-20-28(27)34(25-16-6-2-7-17-25)31(33)23-9-3-8-22-30-32-26-18-10-13-21-29(26)35-30/h1-23H/p+1. The molecule has 1 aromatic heterocycles. The van der Waals surface area contributed by atoms with Crippen LogP contribution in [0.15, 0.2) is 143 Å². The predicted octanol–water partition coefficient (Wildman–Crippen LogP) is 7.54. The molecule has 3 nitrogen and oxygen atoms in total. The first-order valence-electron chi connectivity index (χ1n) is 11.6. The molecular weight excluding hydrogens is 446 g/mol. The molecule has 0 saturated carbocycles. The predicted molar refractivity (Wildman–Crippen MR) is 147 cm³/mol. The number of fused-ring (bicyclic) bond motifs is 2. The van der Waals surface area contributed by atoms with E-state index >= 15 is 0 Å². The van der Waals surface area contributed by atoms with Crippen LogP contribution in [0.3, 0.4) is 0 Å². The Morgan fingerprint density at radius 2 is 1.40 bits per heavy atom. The number of aromatic nitrogens is 2. The van der Waals surface area contributed by atoms with Gasteiger partial charge >= 0.3 is 0 Å². The van der Waals surface area contributed by atoms with Gasteiger partial charge in [-0.1, -0.05) is 90.7 Å². The number of hydrogen-bond donors (Lipinski definition) is 1. The van der Waals surface area contributed by atoms with Gasteiger partial charge in [0.15, 0.2) is 11.0 Å². The number of rotatable bonds is 5. The van der Waals surface area contributed by atoms with Crippen LogP contribution >= 0.6 is 11.8 Å². The molecule has 0 aliphatic carbocycles. The van der Waals surface area contributed by atoms with E-state index in [1.54, 1.807) is 11.8 Å². The molecule has 1 aliphatic heterocycles. The minimum Gasteiger partial charge on any atom is -0.349 e. The summed E-state index contributed by atoms with van der Waals surface area (Å²) in [5.74, 6) is 1.08. The zero-order valence-electron chi connectivity index (χ0n) is 19.1. The topological polar surface area (TPSA) is 20.8 Å². The number of thioether (sulfide) groups is 1. The highest BCUT2D eigenvalue weighted by Gasteiger charge is 2.25. The molecule has 0 amide bonds. The van der Waals surface area contributed by atoms with Crippen LogP contribution in [-0.4, -0.2) is 4.57 Å². The fraction of sp³-hybridized carbons (Fsp3) is 0. The van der Waals surface area contributed by atoms with Crippen LogP contribution in [0, 0.1) is 0 Å². The number of para-hydroxylation sites is 5. The van der Waals surface area contributed by atoms with Gasteiger partial charge in [0.05, 0.1) is 10.7 Å². The van der Waals surface area contributed by atoms with Crippen LogP contribution in [0.1, 0.15) is 5.82 Å². The zero-order valence-corrected chi connectivity index (χ0v) is 19.9. The van der Waals surface area contributed by atoms with Gasteiger partial charge in [0, 0.05) is 11.0 Å². The fourth-order valence-electron chi connectivity index (χ4n) is 4.40. The monoisotopic (exact) mass is 470 g/mol. The number of hydrogen-bond acceptors (Lipinski definition) is 2. The molecule has 0 spiro atoms. The third kappa shape index (κ3) is 4.20. The van der Waals surface area contributed by atoms with Crippen molar-refractivity contribution in [2.24, 2.45) is 0 Å². The Kier molecular flexibility index (Phi) is 5.79. The Hall–Kier alpha value is -4.28. The Morgan fingerprint density at radius 3 is 2.23 bits per heavy atom. The summed E-state index contributed by atoms with van der Waals surface area (Å²) >= 11 is 1.76. The largest absolute Gasteiger partial charge is 0.349 e. The molecule has 0 saturated heterocycles. The van der Waals surface area contributed by atoms with Crippen molar-refractivity contribution in [3.8, 4) is 11.4 Å². The lowest BCUT2D eigenvalue weighted by molar-refractivity contribution is -0.570. The van der Waals surface area contributed by atoms with Gasteiger partial charge in [-0.15, -0.1) is 0 Å². The molecule has 2 heterocycles. The second-order valence-electron chi connectivity index (χ2n) is 8.19. The highest BCUT2D eigenvalue weighted by atomic mass is 32.2. The van der Waals surface area contributed by atoms with E-state index in [0.717, 1.165) is 33.3 Å². The Morgan fingerprint density at radius 1 is 0.686 bits per heavy atom. The maximum atomic E-state index is 3.46. The van der Waals surface area contributed by atoms with Crippen molar-refractivity contribution in [2.45, 2.75) is 4.90 Å². The molecule has 5 aromatic rings. The van der Waals surface area contributed by atoms with Crippen LogP contribution in [0.2, 0.25) is 0 Å².